The Hall–Kier alpha value is 0.130. The first-order valence-corrected chi connectivity index (χ1v) is 2.47. The molecule has 0 saturated heterocycles. The average Bonchev–Trinajstić information content (AvgIpc) is 1.31. The van der Waals surface area contributed by atoms with Crippen LogP contribution in [0.15, 0.2) is 12.3 Å². The van der Waals surface area contributed by atoms with Crippen LogP contribution < -0.4 is 0 Å². The Kier molecular flexibility index (Phi) is 1.97. The lowest BCUT2D eigenvalue weighted by atomic mass is 10.6. The maximum absolute atomic E-state index is 11.5. The van der Waals surface area contributed by atoms with Gasteiger partial charge in [0.1, 0.15) is 0 Å². The number of allylic oxidation sites excluding steroid dienone is 1. The van der Waals surface area contributed by atoms with Gasteiger partial charge in [0.15, 0.2) is 5.76 Å². The van der Waals surface area contributed by atoms with Crippen molar-refractivity contribution in [1.82, 2.24) is 0 Å². The molecule has 0 rings (SSSR count). The number of rotatable bonds is 1. The van der Waals surface area contributed by atoms with E-state index in [2.05, 4.69) is 6.58 Å². The summed E-state index contributed by atoms with van der Waals surface area (Å²) in [4.78, 5) is 0. The molecule has 0 fully saturated rings. The molecule has 1 N–H and O–H groups in total. The van der Waals surface area contributed by atoms with E-state index in [1.165, 1.54) is 0 Å². The Bertz CT molecular complexity index is 85.4. The maximum Gasteiger partial charge on any atom is 0.351 e. The minimum atomic E-state index is -3.17. The summed E-state index contributed by atoms with van der Waals surface area (Å²) in [5, 5.41) is 7.94. The van der Waals surface area contributed by atoms with E-state index >= 15 is 0 Å². The first-order valence-electron chi connectivity index (χ1n) is 1.39. The second-order valence-corrected chi connectivity index (χ2v) is 2.30. The Morgan fingerprint density at radius 1 is 1.71 bits per heavy atom. The second-order valence-electron chi connectivity index (χ2n) is 0.944. The van der Waals surface area contributed by atoms with Gasteiger partial charge in [0, 0.05) is 22.6 Å². The van der Waals surface area contributed by atoms with Crippen molar-refractivity contribution >= 4 is 22.6 Å². The lowest BCUT2D eigenvalue weighted by Crippen LogP contribution is -2.06. The Morgan fingerprint density at radius 3 is 1.86 bits per heavy atom. The predicted octanol–water partition coefficient (Wildman–Crippen LogP) is 2.09. The zero-order valence-corrected chi connectivity index (χ0v) is 5.45. The third-order valence-corrected chi connectivity index (χ3v) is 0.950. The van der Waals surface area contributed by atoms with E-state index in [9.17, 15) is 8.78 Å². The molecule has 1 nitrogen and oxygen atoms in total. The molecule has 0 spiro atoms. The molecule has 7 heavy (non-hydrogen) atoms. The molecule has 0 radical (unpaired) electrons. The van der Waals surface area contributed by atoms with Crippen LogP contribution in [0.2, 0.25) is 0 Å². The fourth-order valence-corrected chi connectivity index (χ4v) is 0. The first kappa shape index (κ1) is 7.13. The summed E-state index contributed by atoms with van der Waals surface area (Å²) in [5.41, 5.74) is 0. The molecule has 0 unspecified atom stereocenters. The molecule has 0 aliphatic heterocycles. The molecule has 4 heteroatoms. The normalized spacial score (nSPS) is 11.3. The van der Waals surface area contributed by atoms with Crippen LogP contribution in [0.25, 0.3) is 0 Å². The summed E-state index contributed by atoms with van der Waals surface area (Å²) in [5.74, 6) is -1.10. The summed E-state index contributed by atoms with van der Waals surface area (Å²) >= 11 is 0.784. The Morgan fingerprint density at radius 2 is 1.86 bits per heavy atom. The fourth-order valence-electron chi connectivity index (χ4n) is 0. The quantitative estimate of drug-likeness (QED) is 0.407. The van der Waals surface area contributed by atoms with Crippen LogP contribution >= 0.6 is 22.6 Å². The Labute approximate surface area is 53.2 Å². The van der Waals surface area contributed by atoms with E-state index < -0.39 is 9.69 Å². The highest BCUT2D eigenvalue weighted by molar-refractivity contribution is 14.1. The van der Waals surface area contributed by atoms with E-state index in [4.69, 9.17) is 5.11 Å². The molecule has 0 heterocycles. The van der Waals surface area contributed by atoms with Crippen molar-refractivity contribution < 1.29 is 13.9 Å². The molecular formula is C3H3F2IO. The van der Waals surface area contributed by atoms with Crippen LogP contribution in [0, 0.1) is 0 Å². The van der Waals surface area contributed by atoms with Crippen LogP contribution in [0.3, 0.4) is 0 Å². The molecule has 42 valence electrons. The van der Waals surface area contributed by atoms with Gasteiger partial charge < -0.3 is 5.11 Å². The van der Waals surface area contributed by atoms with Crippen molar-refractivity contribution in [2.24, 2.45) is 0 Å². The molecule has 0 aromatic rings. The number of aliphatic hydroxyl groups excluding tert-OH is 1. The predicted molar refractivity (Wildman–Crippen MR) is 30.7 cm³/mol. The van der Waals surface area contributed by atoms with Gasteiger partial charge in [-0.15, -0.1) is 0 Å². The number of alkyl halides is 3. The molecule has 0 aromatic carbocycles. The number of hydrogen-bond donors (Lipinski definition) is 1. The fraction of sp³-hybridized carbons (Fsp3) is 0.333. The van der Waals surface area contributed by atoms with Gasteiger partial charge in [-0.2, -0.15) is 8.78 Å². The number of hydrogen-bond acceptors (Lipinski definition) is 1. The molecular weight excluding hydrogens is 217 g/mol. The largest absolute Gasteiger partial charge is 0.506 e. The van der Waals surface area contributed by atoms with E-state index in [0.29, 0.717) is 0 Å². The number of aliphatic hydroxyl groups is 1. The van der Waals surface area contributed by atoms with Gasteiger partial charge in [-0.25, -0.2) is 0 Å². The van der Waals surface area contributed by atoms with Crippen molar-refractivity contribution in [3.63, 3.8) is 0 Å². The lowest BCUT2D eigenvalue weighted by Gasteiger charge is -2.02. The smallest absolute Gasteiger partial charge is 0.351 e. The molecule has 0 saturated carbocycles. The van der Waals surface area contributed by atoms with E-state index in [-0.39, 0.29) is 0 Å². The van der Waals surface area contributed by atoms with Gasteiger partial charge in [0.05, 0.1) is 0 Å². The van der Waals surface area contributed by atoms with E-state index in [1.54, 1.807) is 0 Å². The first-order chi connectivity index (χ1) is 2.94. The maximum atomic E-state index is 11.5. The van der Waals surface area contributed by atoms with Crippen LogP contribution in [-0.4, -0.2) is 9.04 Å². The highest BCUT2D eigenvalue weighted by atomic mass is 127. The van der Waals surface area contributed by atoms with Gasteiger partial charge in [0.2, 0.25) is 0 Å². The molecule has 0 aliphatic carbocycles. The van der Waals surface area contributed by atoms with E-state index in [1.807, 2.05) is 0 Å². The van der Waals surface area contributed by atoms with Crippen LogP contribution in [0.1, 0.15) is 0 Å². The van der Waals surface area contributed by atoms with Gasteiger partial charge in [-0.1, -0.05) is 6.58 Å². The van der Waals surface area contributed by atoms with Crippen LogP contribution in [0.4, 0.5) is 8.78 Å². The van der Waals surface area contributed by atoms with Crippen molar-refractivity contribution in [2.75, 3.05) is 0 Å². The standard InChI is InChI=1S/C3H3F2IO/c1-2(7)3(4,5)6/h7H,1H2. The zero-order chi connectivity index (χ0) is 6.08. The minimum Gasteiger partial charge on any atom is -0.506 e. The third kappa shape index (κ3) is 2.78. The molecule has 0 aliphatic rings. The summed E-state index contributed by atoms with van der Waals surface area (Å²) < 4.78 is 19.8. The second kappa shape index (κ2) is 1.94. The van der Waals surface area contributed by atoms with Crippen molar-refractivity contribution in [1.29, 1.82) is 0 Å². The summed E-state index contributed by atoms with van der Waals surface area (Å²) in [6.07, 6.45) is 0. The van der Waals surface area contributed by atoms with Gasteiger partial charge in [-0.3, -0.25) is 0 Å². The average molecular weight is 220 g/mol. The van der Waals surface area contributed by atoms with Crippen LogP contribution in [0.5, 0.6) is 0 Å². The summed E-state index contributed by atoms with van der Waals surface area (Å²) in [7, 11) is 0. The monoisotopic (exact) mass is 220 g/mol. The lowest BCUT2D eigenvalue weighted by molar-refractivity contribution is 0.112. The molecule has 0 bridgehead atoms. The zero-order valence-electron chi connectivity index (χ0n) is 3.29. The van der Waals surface area contributed by atoms with Gasteiger partial charge >= 0.3 is 3.93 Å². The molecule has 0 aromatic heterocycles. The molecule has 0 atom stereocenters. The summed E-state index contributed by atoms with van der Waals surface area (Å²) in [6, 6.07) is 0. The third-order valence-electron chi connectivity index (χ3n) is 0.327. The van der Waals surface area contributed by atoms with Crippen molar-refractivity contribution in [3.8, 4) is 0 Å². The van der Waals surface area contributed by atoms with E-state index in [0.717, 1.165) is 22.6 Å². The number of halogens is 3. The highest BCUT2D eigenvalue weighted by Gasteiger charge is 2.27. The minimum absolute atomic E-state index is 0.784. The van der Waals surface area contributed by atoms with Gasteiger partial charge in [-0.05, 0) is 0 Å². The molecule has 0 amide bonds. The SMILES string of the molecule is C=C(O)C(F)(F)I. The summed E-state index contributed by atoms with van der Waals surface area (Å²) in [6.45, 7) is 2.62. The topological polar surface area (TPSA) is 20.2 Å². The van der Waals surface area contributed by atoms with Gasteiger partial charge in [0.25, 0.3) is 0 Å². The highest BCUT2D eigenvalue weighted by Crippen LogP contribution is 2.27. The van der Waals surface area contributed by atoms with Crippen LogP contribution in [-0.2, 0) is 0 Å². The van der Waals surface area contributed by atoms with Crippen molar-refractivity contribution in [3.05, 3.63) is 12.3 Å². The Balaban J connectivity index is 3.79. The van der Waals surface area contributed by atoms with Crippen molar-refractivity contribution in [2.45, 2.75) is 3.93 Å².